The first-order valence-electron chi connectivity index (χ1n) is 9.65. The van der Waals surface area contributed by atoms with E-state index in [2.05, 4.69) is 46.5 Å². The van der Waals surface area contributed by atoms with Crippen LogP contribution in [0.25, 0.3) is 0 Å². The van der Waals surface area contributed by atoms with Crippen molar-refractivity contribution in [2.24, 2.45) is 0 Å². The van der Waals surface area contributed by atoms with Crippen molar-refractivity contribution in [2.75, 3.05) is 11.9 Å². The highest BCUT2D eigenvalue weighted by molar-refractivity contribution is 5.90. The molecule has 0 saturated heterocycles. The molecule has 2 aromatic carbocycles. The van der Waals surface area contributed by atoms with E-state index in [-0.39, 0.29) is 5.88 Å². The van der Waals surface area contributed by atoms with Crippen LogP contribution in [-0.4, -0.2) is 22.5 Å². The van der Waals surface area contributed by atoms with Crippen LogP contribution in [0.2, 0.25) is 0 Å². The predicted octanol–water partition coefficient (Wildman–Crippen LogP) is 5.08. The maximum Gasteiger partial charge on any atom is 0.344 e. The predicted molar refractivity (Wildman–Crippen MR) is 111 cm³/mol. The van der Waals surface area contributed by atoms with Crippen molar-refractivity contribution < 1.29 is 9.53 Å². The number of carbonyl (C=O) groups excluding carboxylic acids is 1. The van der Waals surface area contributed by atoms with Crippen LogP contribution < -0.4 is 10.1 Å². The summed E-state index contributed by atoms with van der Waals surface area (Å²) in [6.07, 6.45) is 5.00. The Morgan fingerprint density at radius 3 is 2.46 bits per heavy atom. The number of nitrogens with one attached hydrogen (secondary N) is 1. The molecule has 28 heavy (non-hydrogen) atoms. The van der Waals surface area contributed by atoms with Crippen molar-refractivity contribution >= 4 is 11.9 Å². The zero-order valence-electron chi connectivity index (χ0n) is 16.0. The van der Waals surface area contributed by atoms with Crippen LogP contribution in [0, 0.1) is 0 Å². The van der Waals surface area contributed by atoms with Crippen molar-refractivity contribution in [2.45, 2.75) is 32.1 Å². The molecular weight excluding hydrogens is 350 g/mol. The summed E-state index contributed by atoms with van der Waals surface area (Å²) < 4.78 is 5.37. The largest absolute Gasteiger partial charge is 0.404 e. The number of benzene rings is 2. The maximum atomic E-state index is 12.2. The Morgan fingerprint density at radius 2 is 1.75 bits per heavy atom. The van der Waals surface area contributed by atoms with Gasteiger partial charge >= 0.3 is 5.97 Å². The van der Waals surface area contributed by atoms with Crippen LogP contribution in [0.1, 0.15) is 48.0 Å². The summed E-state index contributed by atoms with van der Waals surface area (Å²) in [4.78, 5) is 20.8. The second kappa shape index (κ2) is 10.2. The lowest BCUT2D eigenvalue weighted by Gasteiger charge is -2.18. The summed E-state index contributed by atoms with van der Waals surface area (Å²) in [5.74, 6) is 0.627. The second-order valence-corrected chi connectivity index (χ2v) is 6.60. The van der Waals surface area contributed by atoms with Crippen LogP contribution in [0.15, 0.2) is 72.9 Å². The van der Waals surface area contributed by atoms with Crippen molar-refractivity contribution in [1.82, 2.24) is 9.97 Å². The van der Waals surface area contributed by atoms with Gasteiger partial charge in [-0.1, -0.05) is 68.3 Å². The molecule has 0 aliphatic rings. The number of ether oxygens (including phenoxy) is 1. The summed E-state index contributed by atoms with van der Waals surface area (Å²) >= 11 is 0. The van der Waals surface area contributed by atoms with Crippen molar-refractivity contribution in [3.8, 4) is 5.88 Å². The Balaban J connectivity index is 1.63. The molecule has 1 unspecified atom stereocenters. The minimum Gasteiger partial charge on any atom is -0.404 e. The fourth-order valence-electron chi connectivity index (χ4n) is 2.99. The number of anilines is 1. The van der Waals surface area contributed by atoms with Gasteiger partial charge in [-0.2, -0.15) is 4.98 Å². The Hall–Kier alpha value is -3.21. The molecule has 1 atom stereocenters. The molecule has 0 amide bonds. The zero-order valence-corrected chi connectivity index (χ0v) is 16.0. The lowest BCUT2D eigenvalue weighted by atomic mass is 9.93. The monoisotopic (exact) mass is 375 g/mol. The van der Waals surface area contributed by atoms with Crippen LogP contribution in [-0.2, 0) is 0 Å². The number of hydrogen-bond donors (Lipinski definition) is 1. The third-order valence-electron chi connectivity index (χ3n) is 4.52. The highest BCUT2D eigenvalue weighted by atomic mass is 16.5. The van der Waals surface area contributed by atoms with Crippen LogP contribution >= 0.6 is 0 Å². The van der Waals surface area contributed by atoms with Gasteiger partial charge in [0.15, 0.2) is 0 Å². The molecule has 1 heterocycles. The van der Waals surface area contributed by atoms with Crippen LogP contribution in [0.5, 0.6) is 5.88 Å². The summed E-state index contributed by atoms with van der Waals surface area (Å²) in [7, 11) is 0. The summed E-state index contributed by atoms with van der Waals surface area (Å²) in [6.45, 7) is 2.92. The van der Waals surface area contributed by atoms with E-state index in [4.69, 9.17) is 4.74 Å². The van der Waals surface area contributed by atoms with E-state index in [0.29, 0.717) is 17.4 Å². The molecule has 1 aromatic heterocycles. The molecule has 0 bridgehead atoms. The lowest BCUT2D eigenvalue weighted by Crippen LogP contribution is -2.15. The Labute approximate surface area is 165 Å². The zero-order chi connectivity index (χ0) is 19.6. The topological polar surface area (TPSA) is 64.1 Å². The fraction of sp³-hybridized carbons (Fsp3) is 0.261. The molecule has 144 valence electrons. The number of nitrogens with zero attached hydrogens (tertiary/aromatic N) is 2. The number of aromatic nitrogens is 2. The van der Waals surface area contributed by atoms with Gasteiger partial charge in [0, 0.05) is 24.7 Å². The molecule has 3 aromatic rings. The quantitative estimate of drug-likeness (QED) is 0.528. The first-order valence-corrected chi connectivity index (χ1v) is 9.65. The molecule has 1 N–H and O–H groups in total. The SMILES string of the molecule is CCCCC(CNc1nccc(OC(=O)c2ccccc2)n1)c1ccccc1. The van der Waals surface area contributed by atoms with Crippen LogP contribution in [0.4, 0.5) is 5.95 Å². The third kappa shape index (κ3) is 5.64. The average molecular weight is 375 g/mol. The summed E-state index contributed by atoms with van der Waals surface area (Å²) in [5, 5.41) is 3.29. The highest BCUT2D eigenvalue weighted by Gasteiger charge is 2.13. The number of carbonyl (C=O) groups is 1. The summed E-state index contributed by atoms with van der Waals surface area (Å²) in [6, 6.07) is 20.9. The Morgan fingerprint density at radius 1 is 1.04 bits per heavy atom. The van der Waals surface area contributed by atoms with Gasteiger partial charge in [-0.05, 0) is 24.1 Å². The van der Waals surface area contributed by atoms with Gasteiger partial charge in [0.2, 0.25) is 11.8 Å². The first-order chi connectivity index (χ1) is 13.8. The standard InChI is InChI=1S/C23H25N3O2/c1-2-3-10-20(18-11-6-4-7-12-18)17-25-23-24-16-15-21(26-23)28-22(27)19-13-8-5-9-14-19/h4-9,11-16,20H,2-3,10,17H2,1H3,(H,24,25,26). The smallest absolute Gasteiger partial charge is 0.344 e. The summed E-state index contributed by atoms with van der Waals surface area (Å²) in [5.41, 5.74) is 1.79. The third-order valence-corrected chi connectivity index (χ3v) is 4.52. The maximum absolute atomic E-state index is 12.2. The molecule has 0 saturated carbocycles. The van der Waals surface area contributed by atoms with E-state index < -0.39 is 5.97 Å². The van der Waals surface area contributed by atoms with Gasteiger partial charge in [0.25, 0.3) is 0 Å². The average Bonchev–Trinajstić information content (AvgIpc) is 2.75. The number of hydrogen-bond acceptors (Lipinski definition) is 5. The molecule has 3 rings (SSSR count). The molecule has 0 aliphatic heterocycles. The van der Waals surface area contributed by atoms with E-state index in [1.165, 1.54) is 5.56 Å². The van der Waals surface area contributed by atoms with Gasteiger partial charge in [-0.15, -0.1) is 0 Å². The highest BCUT2D eigenvalue weighted by Crippen LogP contribution is 2.22. The van der Waals surface area contributed by atoms with Crippen LogP contribution in [0.3, 0.4) is 0 Å². The minimum atomic E-state index is -0.435. The number of esters is 1. The van der Waals surface area contributed by atoms with E-state index in [1.807, 2.05) is 12.1 Å². The van der Waals surface area contributed by atoms with Crippen molar-refractivity contribution in [1.29, 1.82) is 0 Å². The molecule has 0 fully saturated rings. The Bertz CT molecular complexity index is 869. The van der Waals surface area contributed by atoms with E-state index in [0.717, 1.165) is 25.8 Å². The van der Waals surface area contributed by atoms with Crippen molar-refractivity contribution in [3.63, 3.8) is 0 Å². The second-order valence-electron chi connectivity index (χ2n) is 6.60. The molecule has 0 radical (unpaired) electrons. The molecule has 0 spiro atoms. The molecule has 0 aliphatic carbocycles. The first kappa shape index (κ1) is 19.5. The van der Waals surface area contributed by atoms with E-state index in [9.17, 15) is 4.79 Å². The molecular formula is C23H25N3O2. The van der Waals surface area contributed by atoms with E-state index >= 15 is 0 Å². The molecule has 5 heteroatoms. The number of unbranched alkanes of at least 4 members (excludes halogenated alkanes) is 1. The Kier molecular flexibility index (Phi) is 7.13. The fourth-order valence-corrected chi connectivity index (χ4v) is 2.99. The van der Waals surface area contributed by atoms with Gasteiger partial charge in [0.1, 0.15) is 0 Å². The normalized spacial score (nSPS) is 11.6. The minimum absolute atomic E-state index is 0.233. The van der Waals surface area contributed by atoms with Crippen molar-refractivity contribution in [3.05, 3.63) is 84.1 Å². The van der Waals surface area contributed by atoms with Gasteiger partial charge in [-0.25, -0.2) is 9.78 Å². The van der Waals surface area contributed by atoms with E-state index in [1.54, 1.807) is 36.5 Å². The van der Waals surface area contributed by atoms with Gasteiger partial charge in [0.05, 0.1) is 5.56 Å². The molecule has 5 nitrogen and oxygen atoms in total. The lowest BCUT2D eigenvalue weighted by molar-refractivity contribution is 0.0727. The number of rotatable bonds is 9. The van der Waals surface area contributed by atoms with Gasteiger partial charge < -0.3 is 10.1 Å². The van der Waals surface area contributed by atoms with Gasteiger partial charge in [-0.3, -0.25) is 0 Å².